The molecule has 1 aromatic carbocycles. The molecule has 0 bridgehead atoms. The number of benzene rings is 1. The van der Waals surface area contributed by atoms with E-state index in [0.29, 0.717) is 31.7 Å². The third kappa shape index (κ3) is 3.04. The van der Waals surface area contributed by atoms with Crippen molar-refractivity contribution in [3.63, 3.8) is 0 Å². The van der Waals surface area contributed by atoms with E-state index in [9.17, 15) is 14.4 Å². The van der Waals surface area contributed by atoms with Crippen molar-refractivity contribution in [3.05, 3.63) is 36.0 Å². The fraction of sp³-hybridized carbons (Fsp3) is 0.389. The molecule has 0 saturated carbocycles. The molecule has 0 spiro atoms. The van der Waals surface area contributed by atoms with Gasteiger partial charge in [0.15, 0.2) is 5.78 Å². The number of carbonyl (C=O) groups excluding carboxylic acids is 3. The molecule has 1 saturated heterocycles. The quantitative estimate of drug-likeness (QED) is 0.803. The topological polar surface area (TPSA) is 62.6 Å². The number of hydrogen-bond donors (Lipinski definition) is 0. The third-order valence-electron chi connectivity index (χ3n) is 4.55. The molecule has 6 nitrogen and oxygen atoms in total. The Morgan fingerprint density at radius 3 is 2.21 bits per heavy atom. The molecule has 1 aromatic heterocycles. The van der Waals surface area contributed by atoms with Gasteiger partial charge in [-0.2, -0.15) is 0 Å². The van der Waals surface area contributed by atoms with Gasteiger partial charge in [0.05, 0.1) is 0 Å². The van der Waals surface area contributed by atoms with Gasteiger partial charge in [0.25, 0.3) is 0 Å². The highest BCUT2D eigenvalue weighted by Crippen LogP contribution is 2.22. The van der Waals surface area contributed by atoms with Crippen molar-refractivity contribution in [2.24, 2.45) is 0 Å². The second-order valence-electron chi connectivity index (χ2n) is 6.13. The number of aromatic nitrogens is 1. The number of Topliss-reactive ketones (excluding diaryl/α,β-unsaturated/α-hetero) is 1. The van der Waals surface area contributed by atoms with Gasteiger partial charge in [-0.15, -0.1) is 0 Å². The minimum atomic E-state index is -0.00697. The molecule has 24 heavy (non-hydrogen) atoms. The number of rotatable bonds is 3. The zero-order valence-electron chi connectivity index (χ0n) is 14.0. The van der Waals surface area contributed by atoms with Crippen LogP contribution in [0.2, 0.25) is 0 Å². The Hall–Kier alpha value is -2.63. The number of amides is 2. The minimum absolute atomic E-state index is 0.00697. The summed E-state index contributed by atoms with van der Waals surface area (Å²) in [5.74, 6) is 0.0473. The summed E-state index contributed by atoms with van der Waals surface area (Å²) < 4.78 is 1.84. The lowest BCUT2D eigenvalue weighted by atomic mass is 10.1. The van der Waals surface area contributed by atoms with Gasteiger partial charge in [-0.1, -0.05) is 18.2 Å². The van der Waals surface area contributed by atoms with E-state index in [4.69, 9.17) is 0 Å². The van der Waals surface area contributed by atoms with Crippen LogP contribution < -0.4 is 0 Å². The Balaban J connectivity index is 1.77. The summed E-state index contributed by atoms with van der Waals surface area (Å²) in [6.45, 7) is 5.54. The summed E-state index contributed by atoms with van der Waals surface area (Å²) in [5.41, 5.74) is 1.53. The first kappa shape index (κ1) is 16.2. The van der Waals surface area contributed by atoms with E-state index in [1.807, 2.05) is 28.8 Å². The van der Waals surface area contributed by atoms with Crippen LogP contribution in [0.5, 0.6) is 0 Å². The number of ketones is 1. The lowest BCUT2D eigenvalue weighted by Crippen LogP contribution is -2.50. The molecule has 1 fully saturated rings. The first-order chi connectivity index (χ1) is 11.5. The van der Waals surface area contributed by atoms with Gasteiger partial charge in [0.2, 0.25) is 11.8 Å². The molecule has 0 unspecified atom stereocenters. The molecule has 6 heteroatoms. The van der Waals surface area contributed by atoms with Crippen molar-refractivity contribution in [2.45, 2.75) is 20.4 Å². The van der Waals surface area contributed by atoms with E-state index in [1.165, 1.54) is 6.92 Å². The fourth-order valence-electron chi connectivity index (χ4n) is 3.17. The Labute approximate surface area is 140 Å². The maximum absolute atomic E-state index is 12.6. The predicted molar refractivity (Wildman–Crippen MR) is 90.8 cm³/mol. The van der Waals surface area contributed by atoms with Gasteiger partial charge >= 0.3 is 0 Å². The summed E-state index contributed by atoms with van der Waals surface area (Å²) in [6.07, 6.45) is 1.76. The van der Waals surface area contributed by atoms with Gasteiger partial charge in [0.1, 0.15) is 6.54 Å². The van der Waals surface area contributed by atoms with Crippen molar-refractivity contribution in [2.75, 3.05) is 26.2 Å². The second-order valence-corrected chi connectivity index (χ2v) is 6.13. The fourth-order valence-corrected chi connectivity index (χ4v) is 3.17. The normalized spacial score (nSPS) is 14.9. The minimum Gasteiger partial charge on any atom is -0.339 e. The van der Waals surface area contributed by atoms with Crippen molar-refractivity contribution >= 4 is 28.5 Å². The van der Waals surface area contributed by atoms with Gasteiger partial charge < -0.3 is 14.4 Å². The van der Waals surface area contributed by atoms with E-state index in [2.05, 4.69) is 0 Å². The molecule has 0 N–H and O–H groups in total. The average molecular weight is 327 g/mol. The van der Waals surface area contributed by atoms with Crippen LogP contribution in [0.15, 0.2) is 30.5 Å². The average Bonchev–Trinajstić information content (AvgIpc) is 2.94. The number of carbonyl (C=O) groups is 3. The SMILES string of the molecule is CC(=O)c1cn(CC(=O)N2CCN(C(C)=O)CC2)c2ccccc12. The van der Waals surface area contributed by atoms with Crippen LogP contribution in [0.3, 0.4) is 0 Å². The smallest absolute Gasteiger partial charge is 0.242 e. The second kappa shape index (κ2) is 6.47. The van der Waals surface area contributed by atoms with E-state index in [0.717, 1.165) is 10.9 Å². The first-order valence-corrected chi connectivity index (χ1v) is 8.09. The van der Waals surface area contributed by atoms with E-state index in [1.54, 1.807) is 22.9 Å². The number of hydrogen-bond acceptors (Lipinski definition) is 3. The molecular weight excluding hydrogens is 306 g/mol. The summed E-state index contributed by atoms with van der Waals surface area (Å²) in [6, 6.07) is 7.61. The number of nitrogens with zero attached hydrogens (tertiary/aromatic N) is 3. The molecule has 0 radical (unpaired) electrons. The largest absolute Gasteiger partial charge is 0.339 e. The zero-order valence-corrected chi connectivity index (χ0v) is 14.0. The molecule has 3 rings (SSSR count). The standard InChI is InChI=1S/C18H21N3O3/c1-13(22)16-11-21(17-6-4-3-5-15(16)17)12-18(24)20-9-7-19(8-10-20)14(2)23/h3-6,11H,7-10,12H2,1-2H3. The van der Waals surface area contributed by atoms with E-state index >= 15 is 0 Å². The monoisotopic (exact) mass is 327 g/mol. The molecule has 0 aliphatic carbocycles. The summed E-state index contributed by atoms with van der Waals surface area (Å²) in [4.78, 5) is 39.3. The Morgan fingerprint density at radius 1 is 0.958 bits per heavy atom. The maximum atomic E-state index is 12.6. The molecule has 1 aliphatic rings. The van der Waals surface area contributed by atoms with Gasteiger partial charge in [-0.05, 0) is 13.0 Å². The number of piperazine rings is 1. The summed E-state index contributed by atoms with van der Waals surface area (Å²) in [7, 11) is 0. The molecule has 126 valence electrons. The Morgan fingerprint density at radius 2 is 1.58 bits per heavy atom. The Bertz CT molecular complexity index is 801. The lowest BCUT2D eigenvalue weighted by molar-refractivity contribution is -0.138. The lowest BCUT2D eigenvalue weighted by Gasteiger charge is -2.34. The highest BCUT2D eigenvalue weighted by molar-refractivity contribution is 6.07. The third-order valence-corrected chi connectivity index (χ3v) is 4.55. The molecular formula is C18H21N3O3. The number of fused-ring (bicyclic) bond motifs is 1. The van der Waals surface area contributed by atoms with Crippen molar-refractivity contribution < 1.29 is 14.4 Å². The van der Waals surface area contributed by atoms with Gasteiger partial charge in [0, 0.05) is 55.8 Å². The van der Waals surface area contributed by atoms with Crippen LogP contribution in [0.25, 0.3) is 10.9 Å². The van der Waals surface area contributed by atoms with Crippen LogP contribution >= 0.6 is 0 Å². The predicted octanol–water partition coefficient (Wildman–Crippen LogP) is 1.53. The molecule has 0 atom stereocenters. The van der Waals surface area contributed by atoms with E-state index < -0.39 is 0 Å². The Kier molecular flexibility index (Phi) is 4.38. The van der Waals surface area contributed by atoms with E-state index in [-0.39, 0.29) is 24.1 Å². The molecule has 1 aliphatic heterocycles. The molecule has 2 heterocycles. The number of para-hydroxylation sites is 1. The molecule has 2 amide bonds. The summed E-state index contributed by atoms with van der Waals surface area (Å²) in [5, 5.41) is 0.874. The van der Waals surface area contributed by atoms with Crippen LogP contribution in [0, 0.1) is 0 Å². The van der Waals surface area contributed by atoms with Crippen molar-refractivity contribution in [1.29, 1.82) is 0 Å². The summed E-state index contributed by atoms with van der Waals surface area (Å²) >= 11 is 0. The van der Waals surface area contributed by atoms with Gasteiger partial charge in [-0.25, -0.2) is 0 Å². The van der Waals surface area contributed by atoms with Crippen molar-refractivity contribution in [1.82, 2.24) is 14.4 Å². The van der Waals surface area contributed by atoms with Crippen LogP contribution in [-0.4, -0.2) is 58.1 Å². The van der Waals surface area contributed by atoms with Crippen LogP contribution in [0.1, 0.15) is 24.2 Å². The zero-order chi connectivity index (χ0) is 17.3. The maximum Gasteiger partial charge on any atom is 0.242 e. The molecule has 2 aromatic rings. The van der Waals surface area contributed by atoms with Crippen LogP contribution in [0.4, 0.5) is 0 Å². The highest BCUT2D eigenvalue weighted by atomic mass is 16.2. The first-order valence-electron chi connectivity index (χ1n) is 8.09. The van der Waals surface area contributed by atoms with Crippen LogP contribution in [-0.2, 0) is 16.1 Å². The van der Waals surface area contributed by atoms with Gasteiger partial charge in [-0.3, -0.25) is 14.4 Å². The highest BCUT2D eigenvalue weighted by Gasteiger charge is 2.23. The van der Waals surface area contributed by atoms with Crippen molar-refractivity contribution in [3.8, 4) is 0 Å².